The van der Waals surface area contributed by atoms with Gasteiger partial charge in [-0.05, 0) is 32.5 Å². The molecule has 2 unspecified atom stereocenters. The van der Waals surface area contributed by atoms with Gasteiger partial charge in [0.25, 0.3) is 0 Å². The third kappa shape index (κ3) is 4.08. The lowest BCUT2D eigenvalue weighted by atomic mass is 10.1. The van der Waals surface area contributed by atoms with Crippen LogP contribution in [-0.4, -0.2) is 48.9 Å². The summed E-state index contributed by atoms with van der Waals surface area (Å²) in [5.74, 6) is 1.74. The highest BCUT2D eigenvalue weighted by Crippen LogP contribution is 2.25. The summed E-state index contributed by atoms with van der Waals surface area (Å²) in [4.78, 5) is 15.5. The maximum absolute atomic E-state index is 11.9. The lowest BCUT2D eigenvalue weighted by Crippen LogP contribution is -2.44. The molecule has 19 heavy (non-hydrogen) atoms. The van der Waals surface area contributed by atoms with Gasteiger partial charge in [-0.1, -0.05) is 6.92 Å². The molecule has 0 aliphatic heterocycles. The molecule has 0 spiro atoms. The maximum Gasteiger partial charge on any atom is 0.236 e. The van der Waals surface area contributed by atoms with Crippen LogP contribution >= 0.6 is 0 Å². The summed E-state index contributed by atoms with van der Waals surface area (Å²) in [6.07, 6.45) is 0. The summed E-state index contributed by atoms with van der Waals surface area (Å²) in [6, 6.07) is 3.67. The molecule has 0 fully saturated rings. The van der Waals surface area contributed by atoms with Gasteiger partial charge in [0, 0.05) is 20.1 Å². The number of rotatable bonds is 6. The number of likely N-dealkylation sites (N-methyl/N-ethyl adjacent to an activating group) is 2. The third-order valence-electron chi connectivity index (χ3n) is 3.19. The van der Waals surface area contributed by atoms with E-state index in [0.29, 0.717) is 6.54 Å². The number of carbonyl (C=O) groups is 1. The fourth-order valence-corrected chi connectivity index (χ4v) is 2.11. The molecule has 1 amide bonds. The standard InChI is InChI=1S/C14H25N3O2/c1-6-17(9-13(18)16(4)5)14(11(3)15)12-8-7-10(2)19-12/h7-8,11,14H,6,9,15H2,1-5H3. The van der Waals surface area contributed by atoms with Crippen molar-refractivity contribution in [2.45, 2.75) is 32.9 Å². The second kappa shape index (κ2) is 6.73. The Morgan fingerprint density at radius 3 is 2.42 bits per heavy atom. The molecule has 0 aromatic carbocycles. The Bertz CT molecular complexity index is 413. The van der Waals surface area contributed by atoms with Crippen LogP contribution in [0.5, 0.6) is 0 Å². The van der Waals surface area contributed by atoms with E-state index in [4.69, 9.17) is 10.2 Å². The minimum Gasteiger partial charge on any atom is -0.465 e. The molecule has 1 heterocycles. The molecule has 0 saturated carbocycles. The topological polar surface area (TPSA) is 62.7 Å². The van der Waals surface area contributed by atoms with E-state index in [-0.39, 0.29) is 18.0 Å². The fraction of sp³-hybridized carbons (Fsp3) is 0.643. The Morgan fingerprint density at radius 2 is 2.05 bits per heavy atom. The lowest BCUT2D eigenvalue weighted by molar-refractivity contribution is -0.130. The third-order valence-corrected chi connectivity index (χ3v) is 3.19. The number of hydrogen-bond donors (Lipinski definition) is 1. The van der Waals surface area contributed by atoms with Gasteiger partial charge < -0.3 is 15.1 Å². The van der Waals surface area contributed by atoms with Crippen LogP contribution < -0.4 is 5.73 Å². The summed E-state index contributed by atoms with van der Waals surface area (Å²) in [6.45, 7) is 6.95. The summed E-state index contributed by atoms with van der Waals surface area (Å²) < 4.78 is 5.69. The molecule has 1 aromatic heterocycles. The van der Waals surface area contributed by atoms with Gasteiger partial charge in [-0.25, -0.2) is 0 Å². The number of furan rings is 1. The maximum atomic E-state index is 11.9. The number of amides is 1. The first-order valence-corrected chi connectivity index (χ1v) is 6.63. The van der Waals surface area contributed by atoms with Crippen molar-refractivity contribution in [1.82, 2.24) is 9.80 Å². The minimum atomic E-state index is -0.111. The zero-order chi connectivity index (χ0) is 14.6. The highest BCUT2D eigenvalue weighted by atomic mass is 16.3. The van der Waals surface area contributed by atoms with Gasteiger partial charge in [-0.2, -0.15) is 0 Å². The number of nitrogens with two attached hydrogens (primary N) is 1. The molecular formula is C14H25N3O2. The summed E-state index contributed by atoms with van der Waals surface area (Å²) >= 11 is 0. The molecule has 0 radical (unpaired) electrons. The molecule has 2 N–H and O–H groups in total. The van der Waals surface area contributed by atoms with Crippen molar-refractivity contribution in [2.24, 2.45) is 5.73 Å². The van der Waals surface area contributed by atoms with Crippen LogP contribution in [0.25, 0.3) is 0 Å². The Morgan fingerprint density at radius 1 is 1.42 bits per heavy atom. The highest BCUT2D eigenvalue weighted by Gasteiger charge is 2.27. The lowest BCUT2D eigenvalue weighted by Gasteiger charge is -2.32. The number of nitrogens with zero attached hydrogens (tertiary/aromatic N) is 2. The summed E-state index contributed by atoms with van der Waals surface area (Å²) in [7, 11) is 3.52. The van der Waals surface area contributed by atoms with E-state index in [1.807, 2.05) is 37.8 Å². The number of carbonyl (C=O) groups excluding carboxylic acids is 1. The number of hydrogen-bond acceptors (Lipinski definition) is 4. The van der Waals surface area contributed by atoms with Crippen molar-refractivity contribution in [3.63, 3.8) is 0 Å². The molecule has 0 saturated heterocycles. The second-order valence-corrected chi connectivity index (χ2v) is 5.10. The second-order valence-electron chi connectivity index (χ2n) is 5.10. The SMILES string of the molecule is CCN(CC(=O)N(C)C)C(c1ccc(C)o1)C(C)N. The molecule has 0 aliphatic rings. The van der Waals surface area contributed by atoms with Crippen molar-refractivity contribution >= 4 is 5.91 Å². The van der Waals surface area contributed by atoms with E-state index in [9.17, 15) is 4.79 Å². The van der Waals surface area contributed by atoms with Crippen LogP contribution in [0.2, 0.25) is 0 Å². The molecule has 108 valence electrons. The zero-order valence-electron chi connectivity index (χ0n) is 12.5. The molecule has 5 heteroatoms. The molecule has 1 aromatic rings. The van der Waals surface area contributed by atoms with Crippen LogP contribution in [0.1, 0.15) is 31.4 Å². The van der Waals surface area contributed by atoms with Crippen molar-refractivity contribution in [2.75, 3.05) is 27.2 Å². The first kappa shape index (κ1) is 15.7. The van der Waals surface area contributed by atoms with Gasteiger partial charge in [0.2, 0.25) is 5.91 Å². The summed E-state index contributed by atoms with van der Waals surface area (Å²) in [5, 5.41) is 0. The van der Waals surface area contributed by atoms with E-state index in [1.165, 1.54) is 0 Å². The van der Waals surface area contributed by atoms with Crippen molar-refractivity contribution in [3.05, 3.63) is 23.7 Å². The molecular weight excluding hydrogens is 242 g/mol. The fourth-order valence-electron chi connectivity index (χ4n) is 2.11. The minimum absolute atomic E-state index is 0.0655. The monoisotopic (exact) mass is 267 g/mol. The van der Waals surface area contributed by atoms with Gasteiger partial charge in [0.15, 0.2) is 0 Å². The molecule has 1 rings (SSSR count). The largest absolute Gasteiger partial charge is 0.465 e. The normalized spacial score (nSPS) is 14.5. The first-order valence-electron chi connectivity index (χ1n) is 6.63. The molecule has 0 bridgehead atoms. The molecule has 5 nitrogen and oxygen atoms in total. The average Bonchev–Trinajstić information content (AvgIpc) is 2.73. The van der Waals surface area contributed by atoms with Gasteiger partial charge in [-0.15, -0.1) is 0 Å². The van der Waals surface area contributed by atoms with Crippen LogP contribution in [0.15, 0.2) is 16.5 Å². The molecule has 0 aliphatic carbocycles. The Hall–Kier alpha value is -1.33. The smallest absolute Gasteiger partial charge is 0.236 e. The molecule has 2 atom stereocenters. The van der Waals surface area contributed by atoms with E-state index in [2.05, 4.69) is 0 Å². The van der Waals surface area contributed by atoms with Crippen LogP contribution in [0.4, 0.5) is 0 Å². The van der Waals surface area contributed by atoms with E-state index < -0.39 is 0 Å². The Kier molecular flexibility index (Phi) is 5.57. The van der Waals surface area contributed by atoms with Crippen LogP contribution in [0, 0.1) is 6.92 Å². The van der Waals surface area contributed by atoms with E-state index >= 15 is 0 Å². The van der Waals surface area contributed by atoms with Crippen molar-refractivity contribution in [1.29, 1.82) is 0 Å². The quantitative estimate of drug-likeness (QED) is 0.846. The van der Waals surface area contributed by atoms with Gasteiger partial charge in [0.05, 0.1) is 12.6 Å². The van der Waals surface area contributed by atoms with Crippen LogP contribution in [-0.2, 0) is 4.79 Å². The zero-order valence-corrected chi connectivity index (χ0v) is 12.5. The average molecular weight is 267 g/mol. The van der Waals surface area contributed by atoms with Crippen molar-refractivity contribution < 1.29 is 9.21 Å². The van der Waals surface area contributed by atoms with Gasteiger partial charge in [0.1, 0.15) is 11.5 Å². The number of aryl methyl sites for hydroxylation is 1. The van der Waals surface area contributed by atoms with Gasteiger partial charge in [-0.3, -0.25) is 9.69 Å². The van der Waals surface area contributed by atoms with E-state index in [1.54, 1.807) is 19.0 Å². The predicted octanol–water partition coefficient (Wildman–Crippen LogP) is 1.39. The van der Waals surface area contributed by atoms with Crippen molar-refractivity contribution in [3.8, 4) is 0 Å². The highest BCUT2D eigenvalue weighted by molar-refractivity contribution is 5.77. The van der Waals surface area contributed by atoms with E-state index in [0.717, 1.165) is 18.1 Å². The Labute approximate surface area is 115 Å². The van der Waals surface area contributed by atoms with Crippen LogP contribution in [0.3, 0.4) is 0 Å². The Balaban J connectivity index is 2.92. The van der Waals surface area contributed by atoms with Gasteiger partial charge >= 0.3 is 0 Å². The first-order chi connectivity index (χ1) is 8.86. The predicted molar refractivity (Wildman–Crippen MR) is 75.8 cm³/mol. The summed E-state index contributed by atoms with van der Waals surface area (Å²) in [5.41, 5.74) is 6.08.